The van der Waals surface area contributed by atoms with Crippen molar-refractivity contribution in [3.8, 4) is 0 Å². The van der Waals surface area contributed by atoms with Gasteiger partial charge in [-0.2, -0.15) is 0 Å². The van der Waals surface area contributed by atoms with Gasteiger partial charge in [0.15, 0.2) is 18.9 Å². The highest BCUT2D eigenvalue weighted by Crippen LogP contribution is 2.25. The molecule has 4 fully saturated rings. The third kappa shape index (κ3) is 29.4. The number of aliphatic hydroxyl groups excluding tert-OH is 9. The molecule has 0 aromatic rings. The zero-order valence-electron chi connectivity index (χ0n) is 55.4. The molecule has 95 heavy (non-hydrogen) atoms. The molecule has 4 rings (SSSR count). The molecular weight excluding hydrogens is 1260 g/mol. The third-order valence-electron chi connectivity index (χ3n) is 16.8. The van der Waals surface area contributed by atoms with Crippen LogP contribution in [0.4, 0.5) is 0 Å². The normalized spacial score (nSPS) is 27.6. The minimum atomic E-state index is -1.65. The number of imide groups is 1. The second-order valence-electron chi connectivity index (χ2n) is 24.7. The highest BCUT2D eigenvalue weighted by atomic mass is 16.7. The van der Waals surface area contributed by atoms with Crippen LogP contribution in [-0.4, -0.2) is 279 Å². The molecule has 0 unspecified atom stereocenters. The predicted molar refractivity (Wildman–Crippen MR) is 332 cm³/mol. The number of ether oxygens (including phenoxy) is 6. The van der Waals surface area contributed by atoms with Crippen LogP contribution in [0, 0.1) is 0 Å². The SMILES string of the molecule is CCCCCCCCCCCCC(=O)N[C@@H](CCC(=O)NCCCCCC(=O)ON1C(=O)CCC1=O)C(=O)NCCCC[C@@H](C(=O)NCCO[C@@H]1O[C@@H](C)[C@@H](O)[C@@H](O)[C@@H]1O)N(CC(=O)NCCO[C@@H]1O[C@@H](C)[C@@H](O)[C@@H](O)[C@@H]1O)CC(=O)NCCO[C@@H]1O[C@@H](C)[C@@H](O)[C@@H](O)[C@@H]1O. The summed E-state index contributed by atoms with van der Waals surface area (Å²) in [6.45, 7) is 4.13. The maximum Gasteiger partial charge on any atom is 0.333 e. The Kier molecular flexibility index (Phi) is 38.6. The van der Waals surface area contributed by atoms with Gasteiger partial charge in [0.1, 0.15) is 61.0 Å². The van der Waals surface area contributed by atoms with Crippen LogP contribution in [0.1, 0.15) is 169 Å². The summed E-state index contributed by atoms with van der Waals surface area (Å²) < 4.78 is 33.2. The van der Waals surface area contributed by atoms with E-state index in [-0.39, 0.29) is 116 Å². The van der Waals surface area contributed by atoms with Crippen LogP contribution in [0.15, 0.2) is 0 Å². The van der Waals surface area contributed by atoms with Crippen LogP contribution in [0.5, 0.6) is 0 Å². The zero-order chi connectivity index (χ0) is 70.0. The van der Waals surface area contributed by atoms with E-state index in [1.807, 2.05) is 0 Å². The Balaban J connectivity index is 1.43. The number of rotatable bonds is 46. The molecule has 4 aliphatic rings. The molecule has 0 spiro atoms. The van der Waals surface area contributed by atoms with Gasteiger partial charge < -0.3 is 111 Å². The van der Waals surface area contributed by atoms with Crippen molar-refractivity contribution in [3.05, 3.63) is 0 Å². The Morgan fingerprint density at radius 3 is 1.34 bits per heavy atom. The monoisotopic (exact) mass is 1360 g/mol. The lowest BCUT2D eigenvalue weighted by Crippen LogP contribution is -2.58. The molecule has 0 bridgehead atoms. The molecule has 8 amide bonds. The van der Waals surface area contributed by atoms with Gasteiger partial charge >= 0.3 is 5.97 Å². The van der Waals surface area contributed by atoms with Gasteiger partial charge in [-0.25, -0.2) is 4.79 Å². The molecule has 0 aromatic carbocycles. The van der Waals surface area contributed by atoms with Gasteiger partial charge in [-0.05, 0) is 65.7 Å². The summed E-state index contributed by atoms with van der Waals surface area (Å²) in [6, 6.07) is -2.40. The number of carbonyl (C=O) groups is 9. The number of amides is 8. The predicted octanol–water partition coefficient (Wildman–Crippen LogP) is -3.32. The van der Waals surface area contributed by atoms with Crippen molar-refractivity contribution in [1.29, 1.82) is 0 Å². The number of carbonyl (C=O) groups excluding carboxylic acids is 9. The van der Waals surface area contributed by atoms with E-state index in [1.165, 1.54) is 51.4 Å². The molecule has 0 radical (unpaired) electrons. The van der Waals surface area contributed by atoms with Gasteiger partial charge in [0, 0.05) is 64.8 Å². The average molecular weight is 1370 g/mol. The summed E-state index contributed by atoms with van der Waals surface area (Å²) in [5.41, 5.74) is 0. The van der Waals surface area contributed by atoms with E-state index in [4.69, 9.17) is 33.3 Å². The first-order valence-corrected chi connectivity index (χ1v) is 33.7. The Labute approximate surface area is 554 Å². The van der Waals surface area contributed by atoms with E-state index in [2.05, 4.69) is 38.8 Å². The maximum absolute atomic E-state index is 14.4. The third-order valence-corrected chi connectivity index (χ3v) is 16.8. The molecule has 546 valence electrons. The Morgan fingerprint density at radius 1 is 0.453 bits per heavy atom. The molecule has 4 saturated heterocycles. The molecule has 0 aromatic heterocycles. The zero-order valence-corrected chi connectivity index (χ0v) is 55.4. The summed E-state index contributed by atoms with van der Waals surface area (Å²) in [7, 11) is 0. The lowest BCUT2D eigenvalue weighted by Gasteiger charge is -2.39. The topological polar surface area (TPSA) is 479 Å². The summed E-state index contributed by atoms with van der Waals surface area (Å²) in [6.07, 6.45) is -8.70. The van der Waals surface area contributed by atoms with E-state index in [0.717, 1.165) is 32.1 Å². The van der Waals surface area contributed by atoms with Gasteiger partial charge in [-0.15, -0.1) is 5.06 Å². The Hall–Kier alpha value is -5.21. The summed E-state index contributed by atoms with van der Waals surface area (Å²) in [5, 5.41) is 109. The summed E-state index contributed by atoms with van der Waals surface area (Å²) >= 11 is 0. The van der Waals surface area contributed by atoms with Crippen molar-refractivity contribution in [1.82, 2.24) is 41.9 Å². The highest BCUT2D eigenvalue weighted by Gasteiger charge is 2.45. The number of hydroxylamine groups is 2. The van der Waals surface area contributed by atoms with Gasteiger partial charge in [-0.3, -0.25) is 43.3 Å². The van der Waals surface area contributed by atoms with Crippen LogP contribution >= 0.6 is 0 Å². The van der Waals surface area contributed by atoms with Crippen molar-refractivity contribution in [2.24, 2.45) is 0 Å². The molecule has 33 heteroatoms. The lowest BCUT2D eigenvalue weighted by atomic mass is 10.0. The molecule has 33 nitrogen and oxygen atoms in total. The van der Waals surface area contributed by atoms with Crippen molar-refractivity contribution >= 4 is 53.2 Å². The van der Waals surface area contributed by atoms with E-state index in [1.54, 1.807) is 0 Å². The molecule has 0 saturated carbocycles. The first-order valence-electron chi connectivity index (χ1n) is 33.7. The average Bonchev–Trinajstić information content (AvgIpc) is 1.72. The van der Waals surface area contributed by atoms with Crippen molar-refractivity contribution in [2.45, 2.75) is 273 Å². The van der Waals surface area contributed by atoms with Crippen molar-refractivity contribution in [3.63, 3.8) is 0 Å². The first kappa shape index (κ1) is 82.2. The van der Waals surface area contributed by atoms with Gasteiger partial charge in [0.2, 0.25) is 35.4 Å². The number of hydrogen-bond acceptors (Lipinski definition) is 26. The van der Waals surface area contributed by atoms with E-state index >= 15 is 0 Å². The van der Waals surface area contributed by atoms with Crippen LogP contribution in [0.3, 0.4) is 0 Å². The lowest BCUT2D eigenvalue weighted by molar-refractivity contribution is -0.292. The molecule has 15 N–H and O–H groups in total. The van der Waals surface area contributed by atoms with Gasteiger partial charge in [0.05, 0.1) is 57.3 Å². The number of unbranched alkanes of at least 4 members (excludes halogenated alkanes) is 12. The number of hydrogen-bond donors (Lipinski definition) is 15. The fourth-order valence-electron chi connectivity index (χ4n) is 11.0. The summed E-state index contributed by atoms with van der Waals surface area (Å²) in [4.78, 5) is 124. The minimum Gasteiger partial charge on any atom is -0.388 e. The van der Waals surface area contributed by atoms with Crippen LogP contribution < -0.4 is 31.9 Å². The van der Waals surface area contributed by atoms with Crippen LogP contribution in [-0.2, 0) is 76.4 Å². The maximum atomic E-state index is 14.4. The molecule has 4 heterocycles. The second kappa shape index (κ2) is 44.7. The van der Waals surface area contributed by atoms with Gasteiger partial charge in [-0.1, -0.05) is 71.1 Å². The van der Waals surface area contributed by atoms with Crippen molar-refractivity contribution < 1.29 is 122 Å². The standard InChI is InChI=1S/C62H108N8O25/c1-5-6-7-8-9-10-11-12-13-15-21-43(72)68-40(23-24-42(71)63-27-18-14-16-22-48(77)95-70-46(75)25-26-47(70)76)58(87)66-28-19-17-20-41(59(88)67-31-34-91-62-57(86)54(83)51(80)39(4)94-62)69(35-44(73)64-29-32-89-60-55(84)52(81)49(78)37(2)92-60)36-45(74)65-30-33-90-61-56(85)53(82)50(79)38(3)93-61/h37-41,49-57,60-62,78-86H,5-36H2,1-4H3,(H,63,71)(H,64,73)(H,65,74)(H,66,87)(H,67,88)(H,68,72)/t37-,38-,39-,40-,41-,49+,50+,51+,52+,53+,54+,55-,56-,57-,60+,61+,62+/m0/s1. The number of nitrogens with one attached hydrogen (secondary N) is 6. The molecule has 4 aliphatic heterocycles. The van der Waals surface area contributed by atoms with Crippen LogP contribution in [0.2, 0.25) is 0 Å². The molecule has 17 atom stereocenters. The smallest absolute Gasteiger partial charge is 0.333 e. The van der Waals surface area contributed by atoms with E-state index in [0.29, 0.717) is 30.7 Å². The quantitative estimate of drug-likeness (QED) is 0.0210. The fourth-order valence-corrected chi connectivity index (χ4v) is 11.0. The largest absolute Gasteiger partial charge is 0.388 e. The summed E-state index contributed by atoms with van der Waals surface area (Å²) in [5.74, 6) is -5.39. The fraction of sp³-hybridized carbons (Fsp3) is 0.855. The van der Waals surface area contributed by atoms with Crippen LogP contribution in [0.25, 0.3) is 0 Å². The van der Waals surface area contributed by atoms with Gasteiger partial charge in [0.25, 0.3) is 11.8 Å². The Morgan fingerprint density at radius 2 is 0.853 bits per heavy atom. The molecule has 0 aliphatic carbocycles. The first-order chi connectivity index (χ1) is 45.3. The van der Waals surface area contributed by atoms with Crippen molar-refractivity contribution in [2.75, 3.05) is 65.6 Å². The number of aliphatic hydroxyl groups is 9. The minimum absolute atomic E-state index is 0.00220. The number of nitrogens with zero attached hydrogens (tertiary/aromatic N) is 2. The highest BCUT2D eigenvalue weighted by molar-refractivity contribution is 6.01. The van der Waals surface area contributed by atoms with E-state index in [9.17, 15) is 89.1 Å². The van der Waals surface area contributed by atoms with E-state index < -0.39 is 165 Å². The molecular formula is C62H108N8O25. The second-order valence-corrected chi connectivity index (χ2v) is 24.7. The Bertz CT molecular complexity index is 2280.